The highest BCUT2D eigenvalue weighted by atomic mass is 16.6. The predicted molar refractivity (Wildman–Crippen MR) is 115 cm³/mol. The lowest BCUT2D eigenvalue weighted by molar-refractivity contribution is -0.384. The Bertz CT molecular complexity index is 1250. The van der Waals surface area contributed by atoms with Crippen LogP contribution in [0.5, 0.6) is 17.4 Å². The van der Waals surface area contributed by atoms with Gasteiger partial charge in [-0.25, -0.2) is 9.67 Å². The van der Waals surface area contributed by atoms with Gasteiger partial charge in [0, 0.05) is 24.5 Å². The van der Waals surface area contributed by atoms with Crippen LogP contribution in [0.1, 0.15) is 10.5 Å². The standard InChI is InChI=1S/C22H17N5O5/c1-31-17-8-10-18(11-9-17)32-22-20(3-2-13-23-22)24-21(28)19-12-14-26(25-19)15-4-6-16(7-5-15)27(29)30/h2-14H,1H3,(H,24,28). The maximum atomic E-state index is 12.7. The second-order valence-corrected chi connectivity index (χ2v) is 6.51. The molecule has 1 N–H and O–H groups in total. The van der Waals surface area contributed by atoms with Gasteiger partial charge in [-0.3, -0.25) is 14.9 Å². The topological polar surface area (TPSA) is 121 Å². The zero-order chi connectivity index (χ0) is 22.5. The Morgan fingerprint density at radius 2 is 1.75 bits per heavy atom. The van der Waals surface area contributed by atoms with Crippen LogP contribution in [0.4, 0.5) is 11.4 Å². The van der Waals surface area contributed by atoms with Crippen LogP contribution in [-0.4, -0.2) is 32.7 Å². The molecular weight excluding hydrogens is 414 g/mol. The molecule has 0 spiro atoms. The van der Waals surface area contributed by atoms with Gasteiger partial charge in [0.2, 0.25) is 5.88 Å². The molecule has 0 saturated carbocycles. The van der Waals surface area contributed by atoms with Gasteiger partial charge < -0.3 is 14.8 Å². The van der Waals surface area contributed by atoms with Crippen molar-refractivity contribution in [2.24, 2.45) is 0 Å². The minimum atomic E-state index is -0.481. The Hall–Kier alpha value is -4.73. The number of benzene rings is 2. The van der Waals surface area contributed by atoms with Crippen LogP contribution in [0, 0.1) is 10.1 Å². The summed E-state index contributed by atoms with van der Waals surface area (Å²) in [6, 6.07) is 17.7. The lowest BCUT2D eigenvalue weighted by Crippen LogP contribution is -2.14. The molecule has 0 fully saturated rings. The fourth-order valence-electron chi connectivity index (χ4n) is 2.82. The lowest BCUT2D eigenvalue weighted by atomic mass is 10.3. The highest BCUT2D eigenvalue weighted by molar-refractivity contribution is 6.03. The van der Waals surface area contributed by atoms with Gasteiger partial charge in [-0.15, -0.1) is 0 Å². The van der Waals surface area contributed by atoms with Gasteiger partial charge >= 0.3 is 0 Å². The summed E-state index contributed by atoms with van der Waals surface area (Å²) in [4.78, 5) is 27.2. The van der Waals surface area contributed by atoms with Gasteiger partial charge in [-0.05, 0) is 54.6 Å². The Labute approximate surface area is 182 Å². The molecule has 0 bridgehead atoms. The molecular formula is C22H17N5O5. The second kappa shape index (κ2) is 8.96. The van der Waals surface area contributed by atoms with Crippen molar-refractivity contribution in [3.05, 3.63) is 94.9 Å². The van der Waals surface area contributed by atoms with E-state index in [9.17, 15) is 14.9 Å². The highest BCUT2D eigenvalue weighted by Crippen LogP contribution is 2.28. The van der Waals surface area contributed by atoms with Crippen molar-refractivity contribution in [2.75, 3.05) is 12.4 Å². The third-order valence-corrected chi connectivity index (χ3v) is 4.44. The van der Waals surface area contributed by atoms with Crippen molar-refractivity contribution >= 4 is 17.3 Å². The summed E-state index contributed by atoms with van der Waals surface area (Å²) in [5.41, 5.74) is 1.08. The molecule has 0 aliphatic carbocycles. The molecule has 32 heavy (non-hydrogen) atoms. The van der Waals surface area contributed by atoms with Crippen molar-refractivity contribution in [3.63, 3.8) is 0 Å². The Morgan fingerprint density at radius 1 is 1.03 bits per heavy atom. The van der Waals surface area contributed by atoms with Crippen molar-refractivity contribution in [1.29, 1.82) is 0 Å². The number of ether oxygens (including phenoxy) is 2. The van der Waals surface area contributed by atoms with Crippen LogP contribution in [0.15, 0.2) is 79.1 Å². The third-order valence-electron chi connectivity index (χ3n) is 4.44. The number of rotatable bonds is 7. The number of carbonyl (C=O) groups is 1. The molecule has 0 atom stereocenters. The molecule has 0 aliphatic rings. The summed E-state index contributed by atoms with van der Waals surface area (Å²) in [5.74, 6) is 0.983. The number of nitrogens with zero attached hydrogens (tertiary/aromatic N) is 4. The number of nitro benzene ring substituents is 1. The number of carbonyl (C=O) groups excluding carboxylic acids is 1. The summed E-state index contributed by atoms with van der Waals surface area (Å²) in [6.45, 7) is 0. The molecule has 1 amide bonds. The molecule has 0 radical (unpaired) electrons. The Morgan fingerprint density at radius 3 is 2.44 bits per heavy atom. The number of pyridine rings is 1. The van der Waals surface area contributed by atoms with Gasteiger partial charge in [0.15, 0.2) is 5.69 Å². The van der Waals surface area contributed by atoms with Crippen LogP contribution < -0.4 is 14.8 Å². The van der Waals surface area contributed by atoms with Gasteiger partial charge in [-0.2, -0.15) is 5.10 Å². The Balaban J connectivity index is 1.49. The van der Waals surface area contributed by atoms with Crippen LogP contribution in [0.2, 0.25) is 0 Å². The Kier molecular flexibility index (Phi) is 5.75. The van der Waals surface area contributed by atoms with Crippen LogP contribution >= 0.6 is 0 Å². The molecule has 2 heterocycles. The van der Waals surface area contributed by atoms with E-state index in [0.29, 0.717) is 22.9 Å². The van der Waals surface area contributed by atoms with Crippen LogP contribution in [-0.2, 0) is 0 Å². The van der Waals surface area contributed by atoms with Gasteiger partial charge in [0.1, 0.15) is 17.2 Å². The number of methoxy groups -OCH3 is 1. The number of non-ortho nitro benzene ring substituents is 1. The fourth-order valence-corrected chi connectivity index (χ4v) is 2.82. The minimum absolute atomic E-state index is 0.0279. The van der Waals surface area contributed by atoms with Crippen LogP contribution in [0.3, 0.4) is 0 Å². The average Bonchev–Trinajstić information content (AvgIpc) is 3.31. The first-order chi connectivity index (χ1) is 15.5. The molecule has 4 rings (SSSR count). The number of hydrogen-bond donors (Lipinski definition) is 1. The monoisotopic (exact) mass is 431 g/mol. The first-order valence-corrected chi connectivity index (χ1v) is 9.42. The summed E-state index contributed by atoms with van der Waals surface area (Å²) in [5, 5.41) is 17.8. The molecule has 10 heteroatoms. The number of aromatic nitrogens is 3. The first kappa shape index (κ1) is 20.5. The zero-order valence-corrected chi connectivity index (χ0v) is 16.8. The molecule has 2 aromatic carbocycles. The first-order valence-electron chi connectivity index (χ1n) is 9.42. The number of amides is 1. The molecule has 160 valence electrons. The summed E-state index contributed by atoms with van der Waals surface area (Å²) < 4.78 is 12.4. The maximum Gasteiger partial charge on any atom is 0.276 e. The lowest BCUT2D eigenvalue weighted by Gasteiger charge is -2.10. The third kappa shape index (κ3) is 4.54. The van der Waals surface area contributed by atoms with Gasteiger partial charge in [-0.1, -0.05) is 0 Å². The van der Waals surface area contributed by atoms with E-state index in [1.54, 1.807) is 68.0 Å². The molecule has 0 unspecified atom stereocenters. The van der Waals surface area contributed by atoms with Crippen molar-refractivity contribution in [2.45, 2.75) is 0 Å². The summed E-state index contributed by atoms with van der Waals surface area (Å²) in [6.07, 6.45) is 3.14. The molecule has 2 aromatic heterocycles. The minimum Gasteiger partial charge on any atom is -0.497 e. The van der Waals surface area contributed by atoms with E-state index in [-0.39, 0.29) is 17.3 Å². The number of nitro groups is 1. The van der Waals surface area contributed by atoms with E-state index in [0.717, 1.165) is 0 Å². The van der Waals surface area contributed by atoms with Gasteiger partial charge in [0.25, 0.3) is 11.6 Å². The average molecular weight is 431 g/mol. The molecule has 0 saturated heterocycles. The highest BCUT2D eigenvalue weighted by Gasteiger charge is 2.15. The predicted octanol–water partition coefficient (Wildman–Crippen LogP) is 4.23. The van der Waals surface area contributed by atoms with Crippen molar-refractivity contribution < 1.29 is 19.2 Å². The molecule has 0 aliphatic heterocycles. The second-order valence-electron chi connectivity index (χ2n) is 6.51. The SMILES string of the molecule is COc1ccc(Oc2ncccc2NC(=O)c2ccn(-c3ccc([N+](=O)[O-])cc3)n2)cc1. The van der Waals surface area contributed by atoms with Crippen molar-refractivity contribution in [1.82, 2.24) is 14.8 Å². The molecule has 10 nitrogen and oxygen atoms in total. The summed E-state index contributed by atoms with van der Waals surface area (Å²) in [7, 11) is 1.57. The van der Waals surface area contributed by atoms with E-state index in [4.69, 9.17) is 9.47 Å². The van der Waals surface area contributed by atoms with Crippen LogP contribution in [0.25, 0.3) is 5.69 Å². The van der Waals surface area contributed by atoms with E-state index >= 15 is 0 Å². The largest absolute Gasteiger partial charge is 0.497 e. The van der Waals surface area contributed by atoms with E-state index < -0.39 is 10.8 Å². The maximum absolute atomic E-state index is 12.7. The molecule has 4 aromatic rings. The fraction of sp³-hybridized carbons (Fsp3) is 0.0455. The van der Waals surface area contributed by atoms with E-state index in [1.165, 1.54) is 22.9 Å². The number of hydrogen-bond acceptors (Lipinski definition) is 7. The number of nitrogens with one attached hydrogen (secondary N) is 1. The smallest absolute Gasteiger partial charge is 0.276 e. The van der Waals surface area contributed by atoms with E-state index in [1.807, 2.05) is 0 Å². The number of anilines is 1. The zero-order valence-electron chi connectivity index (χ0n) is 16.8. The van der Waals surface area contributed by atoms with E-state index in [2.05, 4.69) is 15.4 Å². The quantitative estimate of drug-likeness (QED) is 0.343. The van der Waals surface area contributed by atoms with Crippen molar-refractivity contribution in [3.8, 4) is 23.1 Å². The summed E-state index contributed by atoms with van der Waals surface area (Å²) >= 11 is 0. The normalized spacial score (nSPS) is 10.4. The van der Waals surface area contributed by atoms with Gasteiger partial charge in [0.05, 0.1) is 17.7 Å².